The number of nitrogens with one attached hydrogen (secondary N) is 1. The molecular formula is C12H17FN2. The molecule has 1 saturated heterocycles. The second-order valence-corrected chi connectivity index (χ2v) is 4.18. The van der Waals surface area contributed by atoms with E-state index in [1.54, 1.807) is 6.07 Å². The first-order valence-electron chi connectivity index (χ1n) is 5.42. The Morgan fingerprint density at radius 3 is 2.93 bits per heavy atom. The molecule has 1 N–H and O–H groups in total. The molecule has 1 aromatic carbocycles. The number of benzene rings is 1. The van der Waals surface area contributed by atoms with Gasteiger partial charge in [0.1, 0.15) is 5.82 Å². The summed E-state index contributed by atoms with van der Waals surface area (Å²) in [6, 6.07) is 5.82. The van der Waals surface area contributed by atoms with Gasteiger partial charge in [-0.1, -0.05) is 0 Å². The summed E-state index contributed by atoms with van der Waals surface area (Å²) in [6.45, 7) is 6.99. The lowest BCUT2D eigenvalue weighted by molar-refractivity contribution is 0.500. The SMILES string of the molecule is Cc1cc(N2CCNCC2C)ccc1F. The largest absolute Gasteiger partial charge is 0.366 e. The molecule has 1 aliphatic rings. The molecule has 82 valence electrons. The molecule has 1 atom stereocenters. The number of aryl methyl sites for hydroxylation is 1. The van der Waals surface area contributed by atoms with E-state index in [1.165, 1.54) is 0 Å². The maximum Gasteiger partial charge on any atom is 0.126 e. The molecule has 2 rings (SSSR count). The van der Waals surface area contributed by atoms with Gasteiger partial charge in [0.2, 0.25) is 0 Å². The van der Waals surface area contributed by atoms with Crippen LogP contribution in [0, 0.1) is 12.7 Å². The Balaban J connectivity index is 2.24. The zero-order valence-electron chi connectivity index (χ0n) is 9.26. The quantitative estimate of drug-likeness (QED) is 0.758. The van der Waals surface area contributed by atoms with Gasteiger partial charge < -0.3 is 10.2 Å². The Kier molecular flexibility index (Phi) is 2.91. The lowest BCUT2D eigenvalue weighted by atomic mass is 10.1. The minimum absolute atomic E-state index is 0.124. The van der Waals surface area contributed by atoms with Crippen molar-refractivity contribution in [1.82, 2.24) is 5.32 Å². The Bertz CT molecular complexity index is 351. The number of nitrogens with zero attached hydrogens (tertiary/aromatic N) is 1. The summed E-state index contributed by atoms with van der Waals surface area (Å²) in [7, 11) is 0. The molecule has 0 amide bonds. The first kappa shape index (κ1) is 10.4. The van der Waals surface area contributed by atoms with Crippen molar-refractivity contribution < 1.29 is 4.39 Å². The van der Waals surface area contributed by atoms with E-state index in [-0.39, 0.29) is 5.82 Å². The predicted molar refractivity (Wildman–Crippen MR) is 60.8 cm³/mol. The van der Waals surface area contributed by atoms with Crippen LogP contribution in [-0.2, 0) is 0 Å². The number of hydrogen-bond donors (Lipinski definition) is 1. The van der Waals surface area contributed by atoms with Crippen LogP contribution in [0.3, 0.4) is 0 Å². The molecular weight excluding hydrogens is 191 g/mol. The second kappa shape index (κ2) is 4.19. The third kappa shape index (κ3) is 2.12. The van der Waals surface area contributed by atoms with Crippen LogP contribution in [-0.4, -0.2) is 25.7 Å². The van der Waals surface area contributed by atoms with Crippen molar-refractivity contribution in [2.75, 3.05) is 24.5 Å². The van der Waals surface area contributed by atoms with Crippen LogP contribution < -0.4 is 10.2 Å². The van der Waals surface area contributed by atoms with Crippen molar-refractivity contribution in [2.24, 2.45) is 0 Å². The van der Waals surface area contributed by atoms with Gasteiger partial charge in [-0.3, -0.25) is 0 Å². The number of rotatable bonds is 1. The summed E-state index contributed by atoms with van der Waals surface area (Å²) in [4.78, 5) is 2.32. The van der Waals surface area contributed by atoms with Gasteiger partial charge in [0.05, 0.1) is 0 Å². The molecule has 0 spiro atoms. The molecule has 1 unspecified atom stereocenters. The van der Waals surface area contributed by atoms with Gasteiger partial charge >= 0.3 is 0 Å². The van der Waals surface area contributed by atoms with Crippen LogP contribution in [0.4, 0.5) is 10.1 Å². The van der Waals surface area contributed by atoms with Crippen molar-refractivity contribution >= 4 is 5.69 Å². The molecule has 0 radical (unpaired) electrons. The van der Waals surface area contributed by atoms with Gasteiger partial charge in [0.25, 0.3) is 0 Å². The van der Waals surface area contributed by atoms with Crippen LogP contribution in [0.5, 0.6) is 0 Å². The average Bonchev–Trinajstić information content (AvgIpc) is 2.23. The fourth-order valence-electron chi connectivity index (χ4n) is 2.03. The van der Waals surface area contributed by atoms with Crippen LogP contribution in [0.1, 0.15) is 12.5 Å². The fourth-order valence-corrected chi connectivity index (χ4v) is 2.03. The van der Waals surface area contributed by atoms with Crippen molar-refractivity contribution in [3.05, 3.63) is 29.6 Å². The lowest BCUT2D eigenvalue weighted by Crippen LogP contribution is -2.49. The minimum atomic E-state index is -0.124. The van der Waals surface area contributed by atoms with Crippen molar-refractivity contribution in [1.29, 1.82) is 0 Å². The third-order valence-corrected chi connectivity index (χ3v) is 2.97. The molecule has 1 heterocycles. The Labute approximate surface area is 90.1 Å². The van der Waals surface area contributed by atoms with Gasteiger partial charge in [0.15, 0.2) is 0 Å². The monoisotopic (exact) mass is 208 g/mol. The highest BCUT2D eigenvalue weighted by atomic mass is 19.1. The summed E-state index contributed by atoms with van der Waals surface area (Å²) in [5.74, 6) is -0.124. The number of hydrogen-bond acceptors (Lipinski definition) is 2. The first-order valence-corrected chi connectivity index (χ1v) is 5.42. The summed E-state index contributed by atoms with van der Waals surface area (Å²) in [5.41, 5.74) is 1.85. The topological polar surface area (TPSA) is 15.3 Å². The van der Waals surface area contributed by atoms with E-state index in [1.807, 2.05) is 19.1 Å². The van der Waals surface area contributed by atoms with Crippen LogP contribution in [0.25, 0.3) is 0 Å². The molecule has 1 aliphatic heterocycles. The maximum absolute atomic E-state index is 13.1. The van der Waals surface area contributed by atoms with Crippen molar-refractivity contribution in [3.8, 4) is 0 Å². The maximum atomic E-state index is 13.1. The van der Waals surface area contributed by atoms with E-state index in [2.05, 4.69) is 17.1 Å². The van der Waals surface area contributed by atoms with Crippen LogP contribution in [0.15, 0.2) is 18.2 Å². The van der Waals surface area contributed by atoms with Gasteiger partial charge in [0, 0.05) is 31.4 Å². The number of halogens is 1. The second-order valence-electron chi connectivity index (χ2n) is 4.18. The third-order valence-electron chi connectivity index (χ3n) is 2.97. The predicted octanol–water partition coefficient (Wildman–Crippen LogP) is 1.93. The van der Waals surface area contributed by atoms with Gasteiger partial charge in [-0.05, 0) is 37.6 Å². The average molecular weight is 208 g/mol. The molecule has 0 saturated carbocycles. The molecule has 1 fully saturated rings. The van der Waals surface area contributed by atoms with E-state index >= 15 is 0 Å². The number of piperazine rings is 1. The van der Waals surface area contributed by atoms with Gasteiger partial charge in [-0.2, -0.15) is 0 Å². The highest BCUT2D eigenvalue weighted by molar-refractivity contribution is 5.50. The van der Waals surface area contributed by atoms with E-state index < -0.39 is 0 Å². The van der Waals surface area contributed by atoms with Crippen molar-refractivity contribution in [3.63, 3.8) is 0 Å². The highest BCUT2D eigenvalue weighted by Gasteiger charge is 2.18. The van der Waals surface area contributed by atoms with E-state index in [4.69, 9.17) is 0 Å². The minimum Gasteiger partial charge on any atom is -0.366 e. The Hall–Kier alpha value is -1.09. The number of anilines is 1. The van der Waals surface area contributed by atoms with E-state index in [9.17, 15) is 4.39 Å². The summed E-state index contributed by atoms with van der Waals surface area (Å²) in [5, 5.41) is 3.34. The zero-order valence-corrected chi connectivity index (χ0v) is 9.26. The normalized spacial score (nSPS) is 21.8. The first-order chi connectivity index (χ1) is 7.18. The molecule has 0 aromatic heterocycles. The molecule has 1 aromatic rings. The summed E-state index contributed by atoms with van der Waals surface area (Å²) in [6.07, 6.45) is 0. The molecule has 3 heteroatoms. The Morgan fingerprint density at radius 2 is 2.27 bits per heavy atom. The highest BCUT2D eigenvalue weighted by Crippen LogP contribution is 2.21. The van der Waals surface area contributed by atoms with Crippen LogP contribution in [0.2, 0.25) is 0 Å². The smallest absolute Gasteiger partial charge is 0.126 e. The van der Waals surface area contributed by atoms with Gasteiger partial charge in [-0.25, -0.2) is 4.39 Å². The van der Waals surface area contributed by atoms with Crippen molar-refractivity contribution in [2.45, 2.75) is 19.9 Å². The molecule has 2 nitrogen and oxygen atoms in total. The van der Waals surface area contributed by atoms with E-state index in [0.717, 1.165) is 30.9 Å². The Morgan fingerprint density at radius 1 is 1.47 bits per heavy atom. The zero-order chi connectivity index (χ0) is 10.8. The summed E-state index contributed by atoms with van der Waals surface area (Å²) >= 11 is 0. The lowest BCUT2D eigenvalue weighted by Gasteiger charge is -2.36. The molecule has 15 heavy (non-hydrogen) atoms. The van der Waals surface area contributed by atoms with Crippen LogP contribution >= 0.6 is 0 Å². The van der Waals surface area contributed by atoms with Gasteiger partial charge in [-0.15, -0.1) is 0 Å². The van der Waals surface area contributed by atoms with E-state index in [0.29, 0.717) is 6.04 Å². The molecule has 0 aliphatic carbocycles. The fraction of sp³-hybridized carbons (Fsp3) is 0.500. The summed E-state index contributed by atoms with van der Waals surface area (Å²) < 4.78 is 13.1. The molecule has 0 bridgehead atoms. The standard InChI is InChI=1S/C12H17FN2/c1-9-7-11(3-4-12(9)13)15-6-5-14-8-10(15)2/h3-4,7,10,14H,5-6,8H2,1-2H3.